The molecule has 0 radical (unpaired) electrons. The van der Waals surface area contributed by atoms with Crippen LogP contribution in [0.3, 0.4) is 0 Å². The summed E-state index contributed by atoms with van der Waals surface area (Å²) in [5.74, 6) is -2.62. The number of esters is 1. The molecule has 1 unspecified atom stereocenters. The van der Waals surface area contributed by atoms with Gasteiger partial charge >= 0.3 is 18.1 Å². The van der Waals surface area contributed by atoms with E-state index < -0.39 is 36.7 Å². The van der Waals surface area contributed by atoms with Crippen molar-refractivity contribution in [3.8, 4) is 0 Å². The molecule has 0 saturated carbocycles. The number of hydrogen-bond acceptors (Lipinski definition) is 4. The summed E-state index contributed by atoms with van der Waals surface area (Å²) >= 11 is 0. The molecule has 0 heterocycles. The van der Waals surface area contributed by atoms with Gasteiger partial charge in [0.25, 0.3) is 0 Å². The second-order valence-electron chi connectivity index (χ2n) is 3.97. The fourth-order valence-corrected chi connectivity index (χ4v) is 1.53. The van der Waals surface area contributed by atoms with Crippen LogP contribution < -0.4 is 0 Å². The third-order valence-corrected chi connectivity index (χ3v) is 2.37. The van der Waals surface area contributed by atoms with Crippen molar-refractivity contribution in [3.63, 3.8) is 0 Å². The van der Waals surface area contributed by atoms with Crippen molar-refractivity contribution in [1.29, 1.82) is 0 Å². The molecule has 0 aliphatic carbocycles. The lowest BCUT2D eigenvalue weighted by Gasteiger charge is -2.26. The SMILES string of the molecule is CCCC(COCC(F)(F)F)(C(=O)O)C(=O)OCC. The first-order chi connectivity index (χ1) is 8.69. The molecule has 0 aliphatic rings. The molecule has 0 aromatic heterocycles. The summed E-state index contributed by atoms with van der Waals surface area (Å²) in [5.41, 5.74) is -2.09. The Labute approximate surface area is 108 Å². The van der Waals surface area contributed by atoms with Crippen molar-refractivity contribution in [2.24, 2.45) is 5.41 Å². The molecule has 0 saturated heterocycles. The molecule has 0 aromatic rings. The highest BCUT2D eigenvalue weighted by Crippen LogP contribution is 2.28. The summed E-state index contributed by atoms with van der Waals surface area (Å²) in [6, 6.07) is 0. The number of ether oxygens (including phenoxy) is 2. The Balaban J connectivity index is 4.92. The number of hydrogen-bond donors (Lipinski definition) is 1. The van der Waals surface area contributed by atoms with Crippen LogP contribution in [-0.4, -0.2) is 43.0 Å². The molecular weight excluding hydrogens is 269 g/mol. The molecule has 0 amide bonds. The van der Waals surface area contributed by atoms with E-state index in [2.05, 4.69) is 9.47 Å². The minimum atomic E-state index is -4.58. The van der Waals surface area contributed by atoms with E-state index in [0.717, 1.165) is 0 Å². The van der Waals surface area contributed by atoms with E-state index >= 15 is 0 Å². The molecular formula is C11H17F3O5. The standard InChI is InChI=1S/C11H17F3O5/c1-3-5-10(8(15)16,9(17)19-4-2)6-18-7-11(12,13)14/h3-7H2,1-2H3,(H,15,16). The van der Waals surface area contributed by atoms with Crippen LogP contribution in [0.1, 0.15) is 26.7 Å². The van der Waals surface area contributed by atoms with E-state index in [1.807, 2.05) is 0 Å². The van der Waals surface area contributed by atoms with Crippen molar-refractivity contribution < 1.29 is 37.3 Å². The number of halogens is 3. The van der Waals surface area contributed by atoms with Crippen LogP contribution in [0, 0.1) is 5.41 Å². The summed E-state index contributed by atoms with van der Waals surface area (Å²) in [7, 11) is 0. The third-order valence-electron chi connectivity index (χ3n) is 2.37. The van der Waals surface area contributed by atoms with Crippen molar-refractivity contribution in [3.05, 3.63) is 0 Å². The Morgan fingerprint density at radius 2 is 1.74 bits per heavy atom. The number of carboxylic acids is 1. The van der Waals surface area contributed by atoms with Crippen LogP contribution in [0.15, 0.2) is 0 Å². The molecule has 0 fully saturated rings. The van der Waals surface area contributed by atoms with Crippen molar-refractivity contribution in [2.75, 3.05) is 19.8 Å². The molecule has 8 heteroatoms. The van der Waals surface area contributed by atoms with Crippen LogP contribution in [0.5, 0.6) is 0 Å². The van der Waals surface area contributed by atoms with Gasteiger partial charge in [0.15, 0.2) is 5.41 Å². The molecule has 1 atom stereocenters. The third kappa shape index (κ3) is 5.46. The Morgan fingerprint density at radius 3 is 2.11 bits per heavy atom. The van der Waals surface area contributed by atoms with Gasteiger partial charge in [-0.25, -0.2) is 0 Å². The van der Waals surface area contributed by atoms with Crippen molar-refractivity contribution >= 4 is 11.9 Å². The van der Waals surface area contributed by atoms with Gasteiger partial charge in [0.1, 0.15) is 6.61 Å². The van der Waals surface area contributed by atoms with Gasteiger partial charge < -0.3 is 14.6 Å². The van der Waals surface area contributed by atoms with Crippen LogP contribution >= 0.6 is 0 Å². The first-order valence-corrected chi connectivity index (χ1v) is 5.74. The molecule has 0 aliphatic heterocycles. The maximum absolute atomic E-state index is 12.0. The second-order valence-corrected chi connectivity index (χ2v) is 3.97. The van der Waals surface area contributed by atoms with E-state index in [4.69, 9.17) is 5.11 Å². The summed E-state index contributed by atoms with van der Waals surface area (Å²) in [4.78, 5) is 22.9. The molecule has 112 valence electrons. The van der Waals surface area contributed by atoms with Gasteiger partial charge in [-0.1, -0.05) is 13.3 Å². The van der Waals surface area contributed by atoms with E-state index in [1.54, 1.807) is 6.92 Å². The Kier molecular flexibility index (Phi) is 6.82. The van der Waals surface area contributed by atoms with Crippen LogP contribution in [0.25, 0.3) is 0 Å². The lowest BCUT2D eigenvalue weighted by Crippen LogP contribution is -2.45. The molecule has 19 heavy (non-hydrogen) atoms. The highest BCUT2D eigenvalue weighted by atomic mass is 19.4. The molecule has 0 spiro atoms. The smallest absolute Gasteiger partial charge is 0.411 e. The molecule has 1 N–H and O–H groups in total. The van der Waals surface area contributed by atoms with Gasteiger partial charge in [-0.15, -0.1) is 0 Å². The lowest BCUT2D eigenvalue weighted by molar-refractivity contribution is -0.194. The summed E-state index contributed by atoms with van der Waals surface area (Å²) in [6.07, 6.45) is -4.44. The maximum Gasteiger partial charge on any atom is 0.411 e. The predicted octanol–water partition coefficient (Wildman–Crippen LogP) is 2.00. The normalized spacial score (nSPS) is 14.8. The predicted molar refractivity (Wildman–Crippen MR) is 58.5 cm³/mol. The fraction of sp³-hybridized carbons (Fsp3) is 0.818. The first kappa shape index (κ1) is 17.7. The Hall–Kier alpha value is -1.31. The summed E-state index contributed by atoms with van der Waals surface area (Å²) in [5, 5.41) is 9.12. The van der Waals surface area contributed by atoms with Crippen LogP contribution in [0.2, 0.25) is 0 Å². The maximum atomic E-state index is 12.0. The van der Waals surface area contributed by atoms with E-state index in [-0.39, 0.29) is 13.0 Å². The molecule has 5 nitrogen and oxygen atoms in total. The van der Waals surface area contributed by atoms with Crippen molar-refractivity contribution in [1.82, 2.24) is 0 Å². The number of carbonyl (C=O) groups is 2. The highest BCUT2D eigenvalue weighted by molar-refractivity contribution is 5.99. The molecule has 0 aromatic carbocycles. The minimum absolute atomic E-state index is 0.0587. The number of alkyl halides is 3. The van der Waals surface area contributed by atoms with Gasteiger partial charge in [0.05, 0.1) is 13.2 Å². The first-order valence-electron chi connectivity index (χ1n) is 5.74. The van der Waals surface area contributed by atoms with Crippen LogP contribution in [0.4, 0.5) is 13.2 Å². The Bertz CT molecular complexity index is 316. The average molecular weight is 286 g/mol. The zero-order valence-electron chi connectivity index (χ0n) is 10.7. The summed E-state index contributed by atoms with van der Waals surface area (Å²) in [6.45, 7) is 0.560. The fourth-order valence-electron chi connectivity index (χ4n) is 1.53. The zero-order valence-corrected chi connectivity index (χ0v) is 10.7. The summed E-state index contributed by atoms with van der Waals surface area (Å²) < 4.78 is 44.9. The van der Waals surface area contributed by atoms with Gasteiger partial charge in [-0.3, -0.25) is 9.59 Å². The lowest BCUT2D eigenvalue weighted by atomic mass is 9.84. The number of aliphatic carboxylic acids is 1. The van der Waals surface area contributed by atoms with Gasteiger partial charge in [-0.05, 0) is 13.3 Å². The largest absolute Gasteiger partial charge is 0.480 e. The number of carboxylic acid groups (broad SMARTS) is 1. The second kappa shape index (κ2) is 7.32. The van der Waals surface area contributed by atoms with E-state index in [9.17, 15) is 22.8 Å². The minimum Gasteiger partial charge on any atom is -0.480 e. The van der Waals surface area contributed by atoms with Crippen LogP contribution in [-0.2, 0) is 19.1 Å². The van der Waals surface area contributed by atoms with Gasteiger partial charge in [-0.2, -0.15) is 13.2 Å². The highest BCUT2D eigenvalue weighted by Gasteiger charge is 2.48. The van der Waals surface area contributed by atoms with Gasteiger partial charge in [0, 0.05) is 0 Å². The molecule has 0 rings (SSSR count). The number of carbonyl (C=O) groups excluding carboxylic acids is 1. The van der Waals surface area contributed by atoms with E-state index in [0.29, 0.717) is 6.42 Å². The van der Waals surface area contributed by atoms with Crippen molar-refractivity contribution in [2.45, 2.75) is 32.9 Å². The monoisotopic (exact) mass is 286 g/mol. The van der Waals surface area contributed by atoms with E-state index in [1.165, 1.54) is 6.92 Å². The topological polar surface area (TPSA) is 72.8 Å². The molecule has 0 bridgehead atoms. The number of rotatable bonds is 8. The zero-order chi connectivity index (χ0) is 15.1. The average Bonchev–Trinajstić information content (AvgIpc) is 2.26. The van der Waals surface area contributed by atoms with Gasteiger partial charge in [0.2, 0.25) is 0 Å². The Morgan fingerprint density at radius 1 is 1.16 bits per heavy atom. The quantitative estimate of drug-likeness (QED) is 0.545.